The van der Waals surface area contributed by atoms with Gasteiger partial charge in [-0.05, 0) is 63.0 Å². The van der Waals surface area contributed by atoms with Gasteiger partial charge in [-0.25, -0.2) is 4.79 Å². The number of ether oxygens (including phenoxy) is 2. The zero-order valence-corrected chi connectivity index (χ0v) is 21.2. The fourth-order valence-electron chi connectivity index (χ4n) is 2.76. The molecule has 10 heteroatoms. The summed E-state index contributed by atoms with van der Waals surface area (Å²) in [5.41, 5.74) is 0.714. The van der Waals surface area contributed by atoms with Crippen LogP contribution in [0.3, 0.4) is 0 Å². The topological polar surface area (TPSA) is 76.1 Å². The van der Waals surface area contributed by atoms with E-state index in [1.807, 2.05) is 27.0 Å². The van der Waals surface area contributed by atoms with E-state index in [-0.39, 0.29) is 10.4 Å². The first kappa shape index (κ1) is 25.0. The highest BCUT2D eigenvalue weighted by Gasteiger charge is 2.40. The molecule has 0 radical (unpaired) electrons. The zero-order valence-electron chi connectivity index (χ0n) is 17.1. The van der Waals surface area contributed by atoms with Crippen molar-refractivity contribution in [2.75, 3.05) is 18.6 Å². The molecule has 1 N–H and O–H groups in total. The summed E-state index contributed by atoms with van der Waals surface area (Å²) in [6.07, 6.45) is 3.89. The van der Waals surface area contributed by atoms with E-state index in [0.29, 0.717) is 40.7 Å². The SMILES string of the molecule is CCOc1cc(/C=C2\SC(=S)N([C@@H](CCSC)C(=O)O)C2=O)c(Br)cc1OC(C)C. The van der Waals surface area contributed by atoms with Crippen molar-refractivity contribution < 1.29 is 24.2 Å². The average molecular weight is 535 g/mol. The van der Waals surface area contributed by atoms with Crippen LogP contribution in [-0.4, -0.2) is 57.0 Å². The highest BCUT2D eigenvalue weighted by atomic mass is 79.9. The fraction of sp³-hybridized carbons (Fsp3) is 0.450. The molecule has 0 unspecified atom stereocenters. The number of benzene rings is 1. The molecule has 1 aliphatic rings. The Labute approximate surface area is 198 Å². The van der Waals surface area contributed by atoms with Gasteiger partial charge < -0.3 is 14.6 Å². The minimum Gasteiger partial charge on any atom is -0.490 e. The molecule has 0 saturated carbocycles. The molecule has 6 nitrogen and oxygen atoms in total. The van der Waals surface area contributed by atoms with Crippen LogP contribution >= 0.6 is 51.7 Å². The largest absolute Gasteiger partial charge is 0.490 e. The fourth-order valence-corrected chi connectivity index (χ4v) is 5.00. The maximum Gasteiger partial charge on any atom is 0.326 e. The third-order valence-electron chi connectivity index (χ3n) is 4.03. The summed E-state index contributed by atoms with van der Waals surface area (Å²) < 4.78 is 12.5. The van der Waals surface area contributed by atoms with Gasteiger partial charge in [-0.3, -0.25) is 9.69 Å². The lowest BCUT2D eigenvalue weighted by molar-refractivity contribution is -0.145. The van der Waals surface area contributed by atoms with Gasteiger partial charge in [-0.2, -0.15) is 11.8 Å². The molecule has 30 heavy (non-hydrogen) atoms. The number of rotatable bonds is 10. The van der Waals surface area contributed by atoms with Gasteiger partial charge in [-0.15, -0.1) is 0 Å². The molecule has 1 aromatic carbocycles. The Morgan fingerprint density at radius 3 is 2.67 bits per heavy atom. The van der Waals surface area contributed by atoms with Gasteiger partial charge in [0.15, 0.2) is 11.5 Å². The molecule has 1 aliphatic heterocycles. The second kappa shape index (κ2) is 11.4. The van der Waals surface area contributed by atoms with Crippen molar-refractivity contribution in [1.29, 1.82) is 0 Å². The minimum absolute atomic E-state index is 0.0209. The molecule has 1 amide bonds. The van der Waals surface area contributed by atoms with Crippen LogP contribution in [-0.2, 0) is 9.59 Å². The first-order valence-corrected chi connectivity index (χ1v) is 12.7. The van der Waals surface area contributed by atoms with Crippen LogP contribution in [0.25, 0.3) is 6.08 Å². The van der Waals surface area contributed by atoms with E-state index in [4.69, 9.17) is 21.7 Å². The third-order valence-corrected chi connectivity index (χ3v) is 6.69. The molecule has 0 spiro atoms. The standard InChI is InChI=1S/C20H24BrNO5S3/c1-5-26-15-8-12(13(21)10-16(15)27-11(2)3)9-17-18(23)22(20(28)30-17)14(19(24)25)6-7-29-4/h8-11,14H,5-7H2,1-4H3,(H,24,25)/b17-9-/t14-/m0/s1. The number of thioether (sulfide) groups is 2. The van der Waals surface area contributed by atoms with Crippen LogP contribution in [0.1, 0.15) is 32.8 Å². The van der Waals surface area contributed by atoms with E-state index in [9.17, 15) is 14.7 Å². The van der Waals surface area contributed by atoms with Crippen molar-refractivity contribution in [3.05, 3.63) is 27.1 Å². The quantitative estimate of drug-likeness (QED) is 0.331. The Morgan fingerprint density at radius 2 is 2.10 bits per heavy atom. The number of amides is 1. The van der Waals surface area contributed by atoms with Crippen molar-refractivity contribution in [2.45, 2.75) is 39.3 Å². The van der Waals surface area contributed by atoms with Gasteiger partial charge in [0, 0.05) is 4.47 Å². The second-order valence-corrected chi connectivity index (χ2v) is 10.1. The van der Waals surface area contributed by atoms with Crippen LogP contribution in [0.15, 0.2) is 21.5 Å². The summed E-state index contributed by atoms with van der Waals surface area (Å²) in [4.78, 5) is 26.3. The number of hydrogen-bond donors (Lipinski definition) is 1. The number of carboxylic acid groups (broad SMARTS) is 1. The monoisotopic (exact) mass is 533 g/mol. The molecule has 0 bridgehead atoms. The van der Waals surface area contributed by atoms with Crippen molar-refractivity contribution in [1.82, 2.24) is 4.90 Å². The predicted molar refractivity (Wildman–Crippen MR) is 131 cm³/mol. The summed E-state index contributed by atoms with van der Waals surface area (Å²) in [5, 5.41) is 9.58. The normalized spacial score (nSPS) is 16.5. The first-order valence-electron chi connectivity index (χ1n) is 9.31. The van der Waals surface area contributed by atoms with E-state index in [1.165, 1.54) is 16.7 Å². The molecule has 164 valence electrons. The molecular weight excluding hydrogens is 510 g/mol. The maximum absolute atomic E-state index is 13.0. The van der Waals surface area contributed by atoms with Crippen LogP contribution in [0.4, 0.5) is 0 Å². The third kappa shape index (κ3) is 6.15. The van der Waals surface area contributed by atoms with Crippen LogP contribution in [0.5, 0.6) is 11.5 Å². The minimum atomic E-state index is -1.06. The summed E-state index contributed by atoms with van der Waals surface area (Å²) in [6.45, 7) is 6.21. The van der Waals surface area contributed by atoms with E-state index in [1.54, 1.807) is 18.2 Å². The zero-order chi connectivity index (χ0) is 22.4. The molecule has 0 aromatic heterocycles. The molecule has 0 aliphatic carbocycles. The maximum atomic E-state index is 13.0. The molecule has 1 aromatic rings. The number of hydrogen-bond acceptors (Lipinski definition) is 7. The smallest absolute Gasteiger partial charge is 0.326 e. The summed E-state index contributed by atoms with van der Waals surface area (Å²) in [5.74, 6) is 0.335. The van der Waals surface area contributed by atoms with Crippen molar-refractivity contribution >= 4 is 73.9 Å². The van der Waals surface area contributed by atoms with E-state index in [0.717, 1.165) is 16.2 Å². The molecule has 2 rings (SSSR count). The Bertz CT molecular complexity index is 859. The second-order valence-electron chi connectivity index (χ2n) is 6.61. The van der Waals surface area contributed by atoms with E-state index in [2.05, 4.69) is 15.9 Å². The molecule has 1 fully saturated rings. The van der Waals surface area contributed by atoms with Crippen molar-refractivity contribution in [2.24, 2.45) is 0 Å². The number of halogens is 1. The van der Waals surface area contributed by atoms with E-state index < -0.39 is 17.9 Å². The number of carbonyl (C=O) groups excluding carboxylic acids is 1. The van der Waals surface area contributed by atoms with E-state index >= 15 is 0 Å². The van der Waals surface area contributed by atoms with Gasteiger partial charge in [-0.1, -0.05) is 39.9 Å². The van der Waals surface area contributed by atoms with Crippen molar-refractivity contribution in [3.63, 3.8) is 0 Å². The highest BCUT2D eigenvalue weighted by molar-refractivity contribution is 9.10. The molecule has 1 heterocycles. The lowest BCUT2D eigenvalue weighted by atomic mass is 10.1. The Hall–Kier alpha value is -1.23. The molecule has 1 saturated heterocycles. The Kier molecular flexibility index (Phi) is 9.52. The van der Waals surface area contributed by atoms with Gasteiger partial charge in [0.1, 0.15) is 10.4 Å². The Morgan fingerprint density at radius 1 is 1.40 bits per heavy atom. The van der Waals surface area contributed by atoms with Gasteiger partial charge in [0.05, 0.1) is 17.6 Å². The predicted octanol–water partition coefficient (Wildman–Crippen LogP) is 5.04. The van der Waals surface area contributed by atoms with Crippen LogP contribution < -0.4 is 9.47 Å². The average Bonchev–Trinajstić information content (AvgIpc) is 2.93. The summed E-state index contributed by atoms with van der Waals surface area (Å²) in [7, 11) is 0. The van der Waals surface area contributed by atoms with Gasteiger partial charge in [0.2, 0.25) is 0 Å². The number of thiocarbonyl (C=S) groups is 1. The molecular formula is C20H24BrNO5S3. The summed E-state index contributed by atoms with van der Waals surface area (Å²) >= 11 is 11.5. The lowest BCUT2D eigenvalue weighted by Crippen LogP contribution is -2.44. The summed E-state index contributed by atoms with van der Waals surface area (Å²) in [6, 6.07) is 2.62. The number of nitrogens with zero attached hydrogens (tertiary/aromatic N) is 1. The van der Waals surface area contributed by atoms with Crippen molar-refractivity contribution in [3.8, 4) is 11.5 Å². The Balaban J connectivity index is 2.38. The van der Waals surface area contributed by atoms with Crippen LogP contribution in [0.2, 0.25) is 0 Å². The molecule has 1 atom stereocenters. The number of carbonyl (C=O) groups is 2. The lowest BCUT2D eigenvalue weighted by Gasteiger charge is -2.22. The van der Waals surface area contributed by atoms with Gasteiger partial charge >= 0.3 is 5.97 Å². The first-order chi connectivity index (χ1) is 14.2. The highest BCUT2D eigenvalue weighted by Crippen LogP contribution is 2.39. The number of carboxylic acids is 1. The van der Waals surface area contributed by atoms with Crippen LogP contribution in [0, 0.1) is 0 Å². The number of aliphatic carboxylic acids is 1. The van der Waals surface area contributed by atoms with Gasteiger partial charge in [0.25, 0.3) is 5.91 Å².